The Labute approximate surface area is 102 Å². The van der Waals surface area contributed by atoms with Gasteiger partial charge in [0.25, 0.3) is 0 Å². The Hall–Kier alpha value is -1.00. The first-order chi connectivity index (χ1) is 8.24. The Morgan fingerprint density at radius 1 is 1.41 bits per heavy atom. The summed E-state index contributed by atoms with van der Waals surface area (Å²) in [5.74, 6) is 0. The molecule has 0 spiro atoms. The molecule has 1 fully saturated rings. The fraction of sp³-hybridized carbons (Fsp3) is 0.692. The van der Waals surface area contributed by atoms with Gasteiger partial charge >= 0.3 is 0 Å². The van der Waals surface area contributed by atoms with E-state index in [9.17, 15) is 5.11 Å². The van der Waals surface area contributed by atoms with Crippen LogP contribution in [0.3, 0.4) is 0 Å². The summed E-state index contributed by atoms with van der Waals surface area (Å²) in [4.78, 5) is 8.26. The van der Waals surface area contributed by atoms with Gasteiger partial charge in [-0.2, -0.15) is 0 Å². The van der Waals surface area contributed by atoms with E-state index < -0.39 is 5.60 Å². The Kier molecular flexibility index (Phi) is 4.07. The summed E-state index contributed by atoms with van der Waals surface area (Å²) in [6.45, 7) is 3.24. The van der Waals surface area contributed by atoms with E-state index in [1.807, 2.05) is 0 Å². The van der Waals surface area contributed by atoms with Gasteiger partial charge in [0.2, 0.25) is 0 Å². The fourth-order valence-corrected chi connectivity index (χ4v) is 2.44. The summed E-state index contributed by atoms with van der Waals surface area (Å²) in [5.41, 5.74) is -0.0486. The Morgan fingerprint density at radius 2 is 2.18 bits per heavy atom. The van der Waals surface area contributed by atoms with Crippen molar-refractivity contribution in [2.75, 3.05) is 6.54 Å². The van der Waals surface area contributed by atoms with E-state index in [-0.39, 0.29) is 0 Å². The number of rotatable bonds is 4. The number of nitrogens with one attached hydrogen (secondary N) is 1. The zero-order valence-electron chi connectivity index (χ0n) is 10.4. The second kappa shape index (κ2) is 5.56. The normalized spacial score (nSPS) is 29.2. The van der Waals surface area contributed by atoms with Crippen molar-refractivity contribution in [3.05, 3.63) is 24.3 Å². The topological polar surface area (TPSA) is 58.0 Å². The molecule has 0 aliphatic heterocycles. The first kappa shape index (κ1) is 12.5. The van der Waals surface area contributed by atoms with Crippen LogP contribution in [-0.2, 0) is 5.60 Å². The second-order valence-electron chi connectivity index (χ2n) is 4.85. The molecule has 1 aromatic rings. The molecule has 94 valence electrons. The Bertz CT molecular complexity index is 334. The van der Waals surface area contributed by atoms with E-state index in [2.05, 4.69) is 22.2 Å². The number of aromatic nitrogens is 2. The number of aliphatic hydroxyl groups is 1. The maximum Gasteiger partial charge on any atom is 0.108 e. The first-order valence-electron chi connectivity index (χ1n) is 6.47. The summed E-state index contributed by atoms with van der Waals surface area (Å²) in [6, 6.07) is 0.548. The number of hydrogen-bond acceptors (Lipinski definition) is 4. The standard InChI is InChI=1S/C13H21N3O/c1-2-7-15-11-3-5-13(17,6-4-11)12-10-14-8-9-16-12/h8-11,15,17H,2-7H2,1H3. The first-order valence-corrected chi connectivity index (χ1v) is 6.47. The highest BCUT2D eigenvalue weighted by atomic mass is 16.3. The average Bonchev–Trinajstić information content (AvgIpc) is 2.39. The smallest absolute Gasteiger partial charge is 0.108 e. The molecule has 0 radical (unpaired) electrons. The Morgan fingerprint density at radius 3 is 2.76 bits per heavy atom. The molecular formula is C13H21N3O. The third-order valence-corrected chi connectivity index (χ3v) is 3.54. The summed E-state index contributed by atoms with van der Waals surface area (Å²) in [6.07, 6.45) is 9.68. The fourth-order valence-electron chi connectivity index (χ4n) is 2.44. The van der Waals surface area contributed by atoms with Gasteiger partial charge in [-0.1, -0.05) is 6.92 Å². The predicted molar refractivity (Wildman–Crippen MR) is 66.5 cm³/mol. The minimum atomic E-state index is -0.765. The molecule has 0 saturated heterocycles. The van der Waals surface area contributed by atoms with Crippen molar-refractivity contribution in [1.29, 1.82) is 0 Å². The summed E-state index contributed by atoms with van der Waals surface area (Å²) >= 11 is 0. The van der Waals surface area contributed by atoms with Gasteiger partial charge in [0.15, 0.2) is 0 Å². The van der Waals surface area contributed by atoms with Gasteiger partial charge in [0, 0.05) is 18.4 Å². The molecule has 0 unspecified atom stereocenters. The molecule has 17 heavy (non-hydrogen) atoms. The zero-order chi connectivity index (χ0) is 12.1. The summed E-state index contributed by atoms with van der Waals surface area (Å²) < 4.78 is 0. The van der Waals surface area contributed by atoms with Crippen molar-refractivity contribution in [3.63, 3.8) is 0 Å². The quantitative estimate of drug-likeness (QED) is 0.832. The van der Waals surface area contributed by atoms with Crippen LogP contribution in [0.25, 0.3) is 0 Å². The van der Waals surface area contributed by atoms with E-state index in [4.69, 9.17) is 0 Å². The van der Waals surface area contributed by atoms with Crippen LogP contribution in [-0.4, -0.2) is 27.7 Å². The highest BCUT2D eigenvalue weighted by Crippen LogP contribution is 2.35. The predicted octanol–water partition coefficient (Wildman–Crippen LogP) is 1.61. The lowest BCUT2D eigenvalue weighted by atomic mass is 9.80. The van der Waals surface area contributed by atoms with Crippen molar-refractivity contribution >= 4 is 0 Å². The maximum absolute atomic E-state index is 10.6. The highest BCUT2D eigenvalue weighted by Gasteiger charge is 2.35. The van der Waals surface area contributed by atoms with Gasteiger partial charge < -0.3 is 10.4 Å². The van der Waals surface area contributed by atoms with E-state index in [0.717, 1.165) is 38.6 Å². The molecule has 0 bridgehead atoms. The van der Waals surface area contributed by atoms with Crippen LogP contribution >= 0.6 is 0 Å². The molecule has 0 aromatic carbocycles. The van der Waals surface area contributed by atoms with Crippen molar-refractivity contribution in [3.8, 4) is 0 Å². The van der Waals surface area contributed by atoms with Gasteiger partial charge in [0.1, 0.15) is 5.60 Å². The summed E-state index contributed by atoms with van der Waals surface area (Å²) in [5, 5.41) is 14.1. The lowest BCUT2D eigenvalue weighted by Gasteiger charge is -2.35. The molecule has 2 N–H and O–H groups in total. The minimum Gasteiger partial charge on any atom is -0.383 e. The van der Waals surface area contributed by atoms with Crippen molar-refractivity contribution in [1.82, 2.24) is 15.3 Å². The van der Waals surface area contributed by atoms with Crippen LogP contribution < -0.4 is 5.32 Å². The van der Waals surface area contributed by atoms with Crippen LogP contribution in [0.5, 0.6) is 0 Å². The lowest BCUT2D eigenvalue weighted by Crippen LogP contribution is -2.40. The van der Waals surface area contributed by atoms with Gasteiger partial charge in [-0.3, -0.25) is 9.97 Å². The molecule has 0 amide bonds. The van der Waals surface area contributed by atoms with Gasteiger partial charge in [-0.05, 0) is 38.6 Å². The number of hydrogen-bond donors (Lipinski definition) is 2. The van der Waals surface area contributed by atoms with Crippen LogP contribution in [0.15, 0.2) is 18.6 Å². The van der Waals surface area contributed by atoms with Gasteiger partial charge in [0.05, 0.1) is 11.9 Å². The van der Waals surface area contributed by atoms with Crippen LogP contribution in [0, 0.1) is 0 Å². The molecule has 1 aliphatic rings. The van der Waals surface area contributed by atoms with E-state index in [0.29, 0.717) is 11.7 Å². The number of nitrogens with zero attached hydrogens (tertiary/aromatic N) is 2. The monoisotopic (exact) mass is 235 g/mol. The maximum atomic E-state index is 10.6. The highest BCUT2D eigenvalue weighted by molar-refractivity contribution is 5.09. The van der Waals surface area contributed by atoms with E-state index >= 15 is 0 Å². The van der Waals surface area contributed by atoms with Crippen molar-refractivity contribution in [2.45, 2.75) is 50.7 Å². The van der Waals surface area contributed by atoms with E-state index in [1.54, 1.807) is 18.6 Å². The zero-order valence-corrected chi connectivity index (χ0v) is 10.4. The van der Waals surface area contributed by atoms with Crippen molar-refractivity contribution < 1.29 is 5.11 Å². The van der Waals surface area contributed by atoms with Crippen molar-refractivity contribution in [2.24, 2.45) is 0 Å². The Balaban J connectivity index is 1.93. The van der Waals surface area contributed by atoms with Gasteiger partial charge in [-0.15, -0.1) is 0 Å². The van der Waals surface area contributed by atoms with Gasteiger partial charge in [-0.25, -0.2) is 0 Å². The van der Waals surface area contributed by atoms with Crippen LogP contribution in [0.4, 0.5) is 0 Å². The molecule has 0 atom stereocenters. The molecule has 2 rings (SSSR count). The molecule has 1 heterocycles. The molecule has 4 heteroatoms. The molecule has 4 nitrogen and oxygen atoms in total. The summed E-state index contributed by atoms with van der Waals surface area (Å²) in [7, 11) is 0. The SMILES string of the molecule is CCCNC1CCC(O)(c2cnccn2)CC1. The largest absolute Gasteiger partial charge is 0.383 e. The molecule has 1 saturated carbocycles. The van der Waals surface area contributed by atoms with E-state index in [1.165, 1.54) is 0 Å². The van der Waals surface area contributed by atoms with Crippen LogP contribution in [0.2, 0.25) is 0 Å². The second-order valence-corrected chi connectivity index (χ2v) is 4.85. The van der Waals surface area contributed by atoms with Crippen LogP contribution in [0.1, 0.15) is 44.7 Å². The molecule has 1 aromatic heterocycles. The lowest BCUT2D eigenvalue weighted by molar-refractivity contribution is -0.0124. The average molecular weight is 235 g/mol. The third kappa shape index (κ3) is 3.01. The molecular weight excluding hydrogens is 214 g/mol. The molecule has 1 aliphatic carbocycles. The minimum absolute atomic E-state index is 0.548. The third-order valence-electron chi connectivity index (χ3n) is 3.54.